The number of nitrogens with zero attached hydrogens (tertiary/aromatic N) is 1. The molecule has 0 saturated heterocycles. The first-order chi connectivity index (χ1) is 8.09. The van der Waals surface area contributed by atoms with Gasteiger partial charge in [-0.3, -0.25) is 9.89 Å². The smallest absolute Gasteiger partial charge is 0.261 e. The number of hydrogen-bond donors (Lipinski definition) is 3. The average molecular weight is 234 g/mol. The minimum atomic E-state index is -0.499. The molecule has 1 aromatic heterocycles. The molecule has 1 amide bonds. The number of aromatic nitrogens is 2. The van der Waals surface area contributed by atoms with Gasteiger partial charge in [-0.1, -0.05) is 12.1 Å². The van der Waals surface area contributed by atoms with E-state index in [-0.39, 0.29) is 17.1 Å². The van der Waals surface area contributed by atoms with Crippen LogP contribution in [0.15, 0.2) is 24.3 Å². The van der Waals surface area contributed by atoms with Crippen molar-refractivity contribution >= 4 is 17.4 Å². The van der Waals surface area contributed by atoms with Crippen molar-refractivity contribution in [3.05, 3.63) is 41.3 Å². The van der Waals surface area contributed by atoms with E-state index in [1.165, 1.54) is 12.1 Å². The summed E-state index contributed by atoms with van der Waals surface area (Å²) in [5.41, 5.74) is 6.41. The van der Waals surface area contributed by atoms with Crippen molar-refractivity contribution in [3.63, 3.8) is 0 Å². The predicted octanol–water partition coefficient (Wildman–Crippen LogP) is 1.69. The Morgan fingerprint density at radius 2 is 2.18 bits per heavy atom. The number of halogens is 1. The second-order valence-electron chi connectivity index (χ2n) is 3.54. The van der Waals surface area contributed by atoms with Crippen LogP contribution in [0, 0.1) is 12.7 Å². The second kappa shape index (κ2) is 4.25. The van der Waals surface area contributed by atoms with Crippen LogP contribution in [-0.2, 0) is 0 Å². The second-order valence-corrected chi connectivity index (χ2v) is 3.54. The lowest BCUT2D eigenvalue weighted by molar-refractivity contribution is 0.102. The summed E-state index contributed by atoms with van der Waals surface area (Å²) in [5.74, 6) is -0.893. The van der Waals surface area contributed by atoms with Gasteiger partial charge in [0.1, 0.15) is 11.4 Å². The number of carbonyl (C=O) groups is 1. The Morgan fingerprint density at radius 1 is 1.47 bits per heavy atom. The lowest BCUT2D eigenvalue weighted by Crippen LogP contribution is -2.15. The topological polar surface area (TPSA) is 83.8 Å². The van der Waals surface area contributed by atoms with Crippen LogP contribution < -0.4 is 11.1 Å². The van der Waals surface area contributed by atoms with Gasteiger partial charge in [-0.05, 0) is 19.1 Å². The van der Waals surface area contributed by atoms with Gasteiger partial charge in [0.2, 0.25) is 0 Å². The van der Waals surface area contributed by atoms with Crippen LogP contribution in [0.1, 0.15) is 16.1 Å². The van der Waals surface area contributed by atoms with E-state index in [0.717, 1.165) is 0 Å². The Morgan fingerprint density at radius 3 is 2.76 bits per heavy atom. The van der Waals surface area contributed by atoms with Crippen molar-refractivity contribution in [2.45, 2.75) is 6.92 Å². The van der Waals surface area contributed by atoms with Crippen molar-refractivity contribution in [1.82, 2.24) is 10.2 Å². The lowest BCUT2D eigenvalue weighted by Gasteiger charge is -2.05. The molecule has 88 valence electrons. The molecule has 5 nitrogen and oxygen atoms in total. The highest BCUT2D eigenvalue weighted by Gasteiger charge is 2.17. The number of amides is 1. The summed E-state index contributed by atoms with van der Waals surface area (Å²) in [7, 11) is 0. The number of nitrogens with one attached hydrogen (secondary N) is 2. The molecule has 0 saturated carbocycles. The molecule has 4 N–H and O–H groups in total. The van der Waals surface area contributed by atoms with E-state index in [9.17, 15) is 9.18 Å². The summed E-state index contributed by atoms with van der Waals surface area (Å²) in [4.78, 5) is 11.9. The third-order valence-electron chi connectivity index (χ3n) is 2.32. The molecule has 17 heavy (non-hydrogen) atoms. The van der Waals surface area contributed by atoms with Gasteiger partial charge < -0.3 is 11.1 Å². The Kier molecular flexibility index (Phi) is 2.78. The van der Waals surface area contributed by atoms with Crippen molar-refractivity contribution in [1.29, 1.82) is 0 Å². The minimum absolute atomic E-state index is 0.0938. The number of aryl methyl sites for hydroxylation is 1. The molecule has 0 aliphatic rings. The van der Waals surface area contributed by atoms with Crippen LogP contribution >= 0.6 is 0 Å². The summed E-state index contributed by atoms with van der Waals surface area (Å²) in [6.45, 7) is 1.67. The van der Waals surface area contributed by atoms with E-state index < -0.39 is 11.7 Å². The summed E-state index contributed by atoms with van der Waals surface area (Å²) in [6.07, 6.45) is 0. The number of nitrogen functional groups attached to an aromatic ring is 1. The quantitative estimate of drug-likeness (QED) is 0.739. The molecule has 0 aliphatic heterocycles. The summed E-state index contributed by atoms with van der Waals surface area (Å²) < 4.78 is 13.3. The number of anilines is 2. The molecule has 0 spiro atoms. The van der Waals surface area contributed by atoms with Crippen molar-refractivity contribution in [2.24, 2.45) is 0 Å². The fourth-order valence-electron chi connectivity index (χ4n) is 1.48. The highest BCUT2D eigenvalue weighted by molar-refractivity contribution is 6.08. The molecular formula is C11H11FN4O. The zero-order valence-corrected chi connectivity index (χ0v) is 9.12. The zero-order chi connectivity index (χ0) is 12.4. The molecule has 2 aromatic rings. The van der Waals surface area contributed by atoms with Gasteiger partial charge in [0.25, 0.3) is 5.91 Å². The molecule has 0 aliphatic carbocycles. The molecule has 1 aromatic carbocycles. The van der Waals surface area contributed by atoms with Crippen molar-refractivity contribution in [3.8, 4) is 0 Å². The summed E-state index contributed by atoms with van der Waals surface area (Å²) in [6, 6.07) is 5.91. The summed E-state index contributed by atoms with van der Waals surface area (Å²) in [5, 5.41) is 8.73. The predicted molar refractivity (Wildman–Crippen MR) is 62.1 cm³/mol. The maximum Gasteiger partial charge on any atom is 0.261 e. The first-order valence-corrected chi connectivity index (χ1v) is 4.96. The van der Waals surface area contributed by atoms with Crippen molar-refractivity contribution in [2.75, 3.05) is 11.1 Å². The lowest BCUT2D eigenvalue weighted by atomic mass is 10.2. The number of H-pyrrole nitrogens is 1. The fraction of sp³-hybridized carbons (Fsp3) is 0.0909. The summed E-state index contributed by atoms with van der Waals surface area (Å²) >= 11 is 0. The van der Waals surface area contributed by atoms with Crippen LogP contribution in [-0.4, -0.2) is 16.1 Å². The number of hydrogen-bond acceptors (Lipinski definition) is 3. The molecule has 0 radical (unpaired) electrons. The normalized spacial score (nSPS) is 10.2. The van der Waals surface area contributed by atoms with Crippen LogP contribution in [0.3, 0.4) is 0 Å². The van der Waals surface area contributed by atoms with Crippen LogP contribution in [0.2, 0.25) is 0 Å². The molecule has 0 fully saturated rings. The molecular weight excluding hydrogens is 223 g/mol. The Balaban J connectivity index is 2.27. The molecule has 2 rings (SSSR count). The fourth-order valence-corrected chi connectivity index (χ4v) is 1.48. The van der Waals surface area contributed by atoms with Gasteiger partial charge in [-0.15, -0.1) is 0 Å². The van der Waals surface area contributed by atoms with Gasteiger partial charge in [-0.2, -0.15) is 5.10 Å². The minimum Gasteiger partial charge on any atom is -0.382 e. The van der Waals surface area contributed by atoms with Crippen molar-refractivity contribution < 1.29 is 9.18 Å². The van der Waals surface area contributed by atoms with Crippen LogP contribution in [0.5, 0.6) is 0 Å². The third kappa shape index (κ3) is 2.10. The van der Waals surface area contributed by atoms with Crippen LogP contribution in [0.25, 0.3) is 0 Å². The van der Waals surface area contributed by atoms with Gasteiger partial charge in [0.05, 0.1) is 5.69 Å². The largest absolute Gasteiger partial charge is 0.382 e. The number of nitrogens with two attached hydrogens (primary N) is 1. The number of aromatic amines is 1. The first kappa shape index (κ1) is 11.1. The third-order valence-corrected chi connectivity index (χ3v) is 2.32. The molecule has 0 bridgehead atoms. The number of carbonyl (C=O) groups excluding carboxylic acids is 1. The number of rotatable bonds is 2. The first-order valence-electron chi connectivity index (χ1n) is 4.96. The maximum atomic E-state index is 13.3. The standard InChI is InChI=1S/C11H11FN4O/c1-6-9(10(13)16-15-6)11(17)14-8-5-3-2-4-7(8)12/h2-5H,1H3,(H,14,17)(H3,13,15,16). The zero-order valence-electron chi connectivity index (χ0n) is 9.12. The molecule has 0 unspecified atom stereocenters. The van der Waals surface area contributed by atoms with E-state index in [1.807, 2.05) is 0 Å². The van der Waals surface area contributed by atoms with Gasteiger partial charge in [-0.25, -0.2) is 4.39 Å². The molecule has 0 atom stereocenters. The van der Waals surface area contributed by atoms with E-state index in [4.69, 9.17) is 5.73 Å². The van der Waals surface area contributed by atoms with Gasteiger partial charge in [0, 0.05) is 5.69 Å². The highest BCUT2D eigenvalue weighted by Crippen LogP contribution is 2.17. The SMILES string of the molecule is Cc1[nH]nc(N)c1C(=O)Nc1ccccc1F. The maximum absolute atomic E-state index is 13.3. The van der Waals surface area contributed by atoms with E-state index in [0.29, 0.717) is 5.69 Å². The Hall–Kier alpha value is -2.37. The van der Waals surface area contributed by atoms with Gasteiger partial charge >= 0.3 is 0 Å². The molecule has 6 heteroatoms. The molecule has 1 heterocycles. The average Bonchev–Trinajstić information content (AvgIpc) is 2.62. The monoisotopic (exact) mass is 234 g/mol. The van der Waals surface area contributed by atoms with E-state index in [2.05, 4.69) is 15.5 Å². The Labute approximate surface area is 96.8 Å². The van der Waals surface area contributed by atoms with Crippen LogP contribution in [0.4, 0.5) is 15.9 Å². The number of benzene rings is 1. The highest BCUT2D eigenvalue weighted by atomic mass is 19.1. The Bertz CT molecular complexity index is 545. The van der Waals surface area contributed by atoms with E-state index in [1.54, 1.807) is 19.1 Å². The number of para-hydroxylation sites is 1. The van der Waals surface area contributed by atoms with Gasteiger partial charge in [0.15, 0.2) is 5.82 Å². The van der Waals surface area contributed by atoms with E-state index >= 15 is 0 Å².